The molecule has 1 amide bonds. The number of anilines is 1. The summed E-state index contributed by atoms with van der Waals surface area (Å²) in [5.74, 6) is 0.425. The maximum absolute atomic E-state index is 12.8. The number of rotatable bonds is 6. The number of sulfonamides is 1. The number of nitrogens with one attached hydrogen (secondary N) is 1. The van der Waals surface area contributed by atoms with Gasteiger partial charge in [-0.25, -0.2) is 8.42 Å². The number of amides is 1. The maximum atomic E-state index is 12.8. The van der Waals surface area contributed by atoms with Crippen molar-refractivity contribution in [1.29, 1.82) is 0 Å². The molecule has 0 spiro atoms. The van der Waals surface area contributed by atoms with Crippen molar-refractivity contribution >= 4 is 33.2 Å². The number of nitrogens with zero attached hydrogens (tertiary/aromatic N) is 1. The maximum Gasteiger partial charge on any atom is 0.261 e. The van der Waals surface area contributed by atoms with E-state index in [1.165, 1.54) is 18.2 Å². The second kappa shape index (κ2) is 8.84. The number of hydrogen-bond acceptors (Lipinski definition) is 4. The molecule has 1 saturated heterocycles. The van der Waals surface area contributed by atoms with Crippen molar-refractivity contribution in [3.8, 4) is 5.75 Å². The van der Waals surface area contributed by atoms with E-state index >= 15 is 0 Å². The van der Waals surface area contributed by atoms with E-state index in [0.29, 0.717) is 31.1 Å². The van der Waals surface area contributed by atoms with Gasteiger partial charge in [0.25, 0.3) is 15.9 Å². The van der Waals surface area contributed by atoms with Crippen molar-refractivity contribution in [2.45, 2.75) is 31.1 Å². The quantitative estimate of drug-likeness (QED) is 0.758. The predicted octanol–water partition coefficient (Wildman–Crippen LogP) is 4.17. The minimum absolute atomic E-state index is 0.00820. The first-order valence-electron chi connectivity index (χ1n) is 9.25. The highest BCUT2D eigenvalue weighted by molar-refractivity contribution is 7.92. The topological polar surface area (TPSA) is 75.7 Å². The fourth-order valence-corrected chi connectivity index (χ4v) is 4.39. The Kier molecular flexibility index (Phi) is 6.46. The second-order valence-electron chi connectivity index (χ2n) is 6.56. The van der Waals surface area contributed by atoms with Crippen LogP contribution in [0, 0.1) is 0 Å². The molecule has 3 rings (SSSR count). The van der Waals surface area contributed by atoms with E-state index in [-0.39, 0.29) is 21.4 Å². The highest BCUT2D eigenvalue weighted by atomic mass is 35.5. The summed E-state index contributed by atoms with van der Waals surface area (Å²) in [6.45, 7) is 3.73. The average molecular weight is 423 g/mol. The number of halogens is 1. The minimum Gasteiger partial charge on any atom is -0.494 e. The Bertz CT molecular complexity index is 939. The molecule has 0 atom stereocenters. The van der Waals surface area contributed by atoms with Crippen LogP contribution in [0.25, 0.3) is 0 Å². The van der Waals surface area contributed by atoms with Crippen molar-refractivity contribution in [1.82, 2.24) is 4.90 Å². The Morgan fingerprint density at radius 2 is 1.79 bits per heavy atom. The number of likely N-dealkylation sites (tertiary alicyclic amines) is 1. The van der Waals surface area contributed by atoms with Gasteiger partial charge in [-0.05, 0) is 68.7 Å². The molecular formula is C20H23ClN2O4S. The van der Waals surface area contributed by atoms with Gasteiger partial charge in [0.05, 0.1) is 22.1 Å². The van der Waals surface area contributed by atoms with Crippen LogP contribution >= 0.6 is 11.6 Å². The van der Waals surface area contributed by atoms with Crippen LogP contribution in [0.15, 0.2) is 47.4 Å². The molecule has 0 aromatic heterocycles. The highest BCUT2D eigenvalue weighted by Gasteiger charge is 2.23. The minimum atomic E-state index is -3.86. The molecule has 1 aliphatic rings. The Morgan fingerprint density at radius 3 is 2.43 bits per heavy atom. The molecule has 0 unspecified atom stereocenters. The van der Waals surface area contributed by atoms with E-state index in [0.717, 1.165) is 19.3 Å². The molecule has 2 aromatic rings. The van der Waals surface area contributed by atoms with Gasteiger partial charge in [-0.2, -0.15) is 0 Å². The molecule has 0 aliphatic carbocycles. The third kappa shape index (κ3) is 4.77. The van der Waals surface area contributed by atoms with Gasteiger partial charge in [0.2, 0.25) is 0 Å². The molecule has 1 aliphatic heterocycles. The van der Waals surface area contributed by atoms with Crippen molar-refractivity contribution in [3.05, 3.63) is 53.1 Å². The molecule has 1 N–H and O–H groups in total. The molecule has 150 valence electrons. The van der Waals surface area contributed by atoms with Crippen LogP contribution in [-0.4, -0.2) is 38.9 Å². The fourth-order valence-electron chi connectivity index (χ4n) is 3.10. The zero-order valence-corrected chi connectivity index (χ0v) is 17.2. The van der Waals surface area contributed by atoms with Crippen LogP contribution in [0.3, 0.4) is 0 Å². The van der Waals surface area contributed by atoms with Crippen molar-refractivity contribution in [3.63, 3.8) is 0 Å². The molecule has 6 nitrogen and oxygen atoms in total. The average Bonchev–Trinajstić information content (AvgIpc) is 2.70. The normalized spacial score (nSPS) is 14.6. The van der Waals surface area contributed by atoms with Crippen LogP contribution in [0.1, 0.15) is 36.5 Å². The molecule has 1 fully saturated rings. The first-order valence-corrected chi connectivity index (χ1v) is 11.1. The number of carbonyl (C=O) groups excluding carboxylic acids is 1. The van der Waals surface area contributed by atoms with Gasteiger partial charge in [0.15, 0.2) is 0 Å². The van der Waals surface area contributed by atoms with Gasteiger partial charge < -0.3 is 9.64 Å². The standard InChI is InChI=1S/C20H23ClN2O4S/c1-2-27-16-8-6-15(7-9-16)22-28(25,26)17-10-11-19(21)18(14-17)20(24)23-12-4-3-5-13-23/h6-11,14,22H,2-5,12-13H2,1H3. The van der Waals surface area contributed by atoms with E-state index in [1.807, 2.05) is 6.92 Å². The summed E-state index contributed by atoms with van der Waals surface area (Å²) in [5.41, 5.74) is 0.612. The summed E-state index contributed by atoms with van der Waals surface area (Å²) in [4.78, 5) is 14.5. The number of hydrogen-bond donors (Lipinski definition) is 1. The SMILES string of the molecule is CCOc1ccc(NS(=O)(=O)c2ccc(Cl)c(C(=O)N3CCCCC3)c2)cc1. The molecule has 2 aromatic carbocycles. The molecule has 8 heteroatoms. The van der Waals surface area contributed by atoms with Gasteiger partial charge >= 0.3 is 0 Å². The molecule has 0 saturated carbocycles. The predicted molar refractivity (Wildman–Crippen MR) is 110 cm³/mol. The van der Waals surface area contributed by atoms with E-state index in [1.54, 1.807) is 29.2 Å². The summed E-state index contributed by atoms with van der Waals surface area (Å²) in [6, 6.07) is 10.8. The largest absolute Gasteiger partial charge is 0.494 e. The van der Waals surface area contributed by atoms with E-state index < -0.39 is 10.0 Å². The molecule has 0 bridgehead atoms. The van der Waals surface area contributed by atoms with Crippen LogP contribution in [0.5, 0.6) is 5.75 Å². The Labute approximate surface area is 170 Å². The first-order chi connectivity index (χ1) is 13.4. The second-order valence-corrected chi connectivity index (χ2v) is 8.65. The highest BCUT2D eigenvalue weighted by Crippen LogP contribution is 2.25. The van der Waals surface area contributed by atoms with Crippen LogP contribution < -0.4 is 9.46 Å². The van der Waals surface area contributed by atoms with Crippen LogP contribution in [-0.2, 0) is 10.0 Å². The van der Waals surface area contributed by atoms with Crippen LogP contribution in [0.2, 0.25) is 5.02 Å². The number of piperidine rings is 1. The summed E-state index contributed by atoms with van der Waals surface area (Å²) in [5, 5.41) is 0.246. The van der Waals surface area contributed by atoms with Gasteiger partial charge in [-0.15, -0.1) is 0 Å². The van der Waals surface area contributed by atoms with Gasteiger partial charge in [0.1, 0.15) is 5.75 Å². The van der Waals surface area contributed by atoms with Crippen molar-refractivity contribution < 1.29 is 17.9 Å². The monoisotopic (exact) mass is 422 g/mol. The van der Waals surface area contributed by atoms with Gasteiger partial charge in [-0.1, -0.05) is 11.6 Å². The lowest BCUT2D eigenvalue weighted by Crippen LogP contribution is -2.35. The third-order valence-electron chi connectivity index (χ3n) is 4.54. The Balaban J connectivity index is 1.82. The Morgan fingerprint density at radius 1 is 1.11 bits per heavy atom. The zero-order chi connectivity index (χ0) is 20.1. The molecule has 28 heavy (non-hydrogen) atoms. The molecule has 0 radical (unpaired) electrons. The summed E-state index contributed by atoms with van der Waals surface area (Å²) in [6.07, 6.45) is 2.99. The van der Waals surface area contributed by atoms with Gasteiger partial charge in [0, 0.05) is 18.8 Å². The van der Waals surface area contributed by atoms with E-state index in [2.05, 4.69) is 4.72 Å². The smallest absolute Gasteiger partial charge is 0.261 e. The summed E-state index contributed by atoms with van der Waals surface area (Å²) >= 11 is 6.19. The summed E-state index contributed by atoms with van der Waals surface area (Å²) < 4.78 is 33.4. The van der Waals surface area contributed by atoms with Gasteiger partial charge in [-0.3, -0.25) is 9.52 Å². The van der Waals surface area contributed by atoms with Crippen molar-refractivity contribution in [2.75, 3.05) is 24.4 Å². The zero-order valence-electron chi connectivity index (χ0n) is 15.7. The first kappa shape index (κ1) is 20.5. The van der Waals surface area contributed by atoms with Crippen LogP contribution in [0.4, 0.5) is 5.69 Å². The van der Waals surface area contributed by atoms with E-state index in [4.69, 9.17) is 16.3 Å². The fraction of sp³-hybridized carbons (Fsp3) is 0.350. The third-order valence-corrected chi connectivity index (χ3v) is 6.25. The Hall–Kier alpha value is -2.25. The number of carbonyl (C=O) groups is 1. The number of ether oxygens (including phenoxy) is 1. The molecule has 1 heterocycles. The summed E-state index contributed by atoms with van der Waals surface area (Å²) in [7, 11) is -3.86. The lowest BCUT2D eigenvalue weighted by Gasteiger charge is -2.27. The van der Waals surface area contributed by atoms with E-state index in [9.17, 15) is 13.2 Å². The lowest BCUT2D eigenvalue weighted by atomic mass is 10.1. The van der Waals surface area contributed by atoms with Crippen molar-refractivity contribution in [2.24, 2.45) is 0 Å². The number of benzene rings is 2. The lowest BCUT2D eigenvalue weighted by molar-refractivity contribution is 0.0724. The molecular weight excluding hydrogens is 400 g/mol.